The summed E-state index contributed by atoms with van der Waals surface area (Å²) in [5, 5.41) is 22.9. The quantitative estimate of drug-likeness (QED) is 0.366. The average Bonchev–Trinajstić information content (AvgIpc) is 2.54. The lowest BCUT2D eigenvalue weighted by Crippen LogP contribution is -2.48. The number of hydrogen-bond acceptors (Lipinski definition) is 8. The number of esters is 2. The fourth-order valence-corrected chi connectivity index (χ4v) is 2.40. The van der Waals surface area contributed by atoms with Gasteiger partial charge in [-0.2, -0.15) is 0 Å². The third-order valence-corrected chi connectivity index (χ3v) is 3.38. The lowest BCUT2D eigenvalue weighted by Gasteiger charge is -2.22. The zero-order valence-corrected chi connectivity index (χ0v) is 13.7. The largest absolute Gasteiger partial charge is 0.461 e. The highest BCUT2D eigenvalue weighted by molar-refractivity contribution is 5.81. The maximum atomic E-state index is 12.1. The molecule has 2 unspecified atom stereocenters. The van der Waals surface area contributed by atoms with Gasteiger partial charge in [0.25, 0.3) is 0 Å². The minimum absolute atomic E-state index is 0.0898. The zero-order valence-electron chi connectivity index (χ0n) is 13.7. The Balaban J connectivity index is 3.50. The fourth-order valence-electron chi connectivity index (χ4n) is 2.40. The summed E-state index contributed by atoms with van der Waals surface area (Å²) in [7, 11) is 0. The van der Waals surface area contributed by atoms with E-state index in [0.717, 1.165) is 0 Å². The molecule has 1 aromatic rings. The lowest BCUT2D eigenvalue weighted by atomic mass is 9.85. The number of nitrogens with zero attached hydrogens (tertiary/aromatic N) is 2. The summed E-state index contributed by atoms with van der Waals surface area (Å²) in [5.41, 5.74) is 0.0898. The van der Waals surface area contributed by atoms with Gasteiger partial charge in [-0.1, -0.05) is 30.3 Å². The second kappa shape index (κ2) is 9.30. The van der Waals surface area contributed by atoms with Crippen molar-refractivity contribution in [3.05, 3.63) is 56.1 Å². The Kier molecular flexibility index (Phi) is 7.44. The molecule has 0 bridgehead atoms. The summed E-state index contributed by atoms with van der Waals surface area (Å²) < 4.78 is 9.36. The van der Waals surface area contributed by atoms with Gasteiger partial charge in [-0.25, -0.2) is 9.59 Å². The molecule has 0 fully saturated rings. The van der Waals surface area contributed by atoms with Crippen LogP contribution in [0.15, 0.2) is 30.3 Å². The van der Waals surface area contributed by atoms with Crippen LogP contribution >= 0.6 is 0 Å². The van der Waals surface area contributed by atoms with E-state index in [0.29, 0.717) is 0 Å². The molecule has 0 radical (unpaired) electrons. The zero-order chi connectivity index (χ0) is 19.0. The Morgan fingerprint density at radius 2 is 1.32 bits per heavy atom. The van der Waals surface area contributed by atoms with Gasteiger partial charge in [-0.05, 0) is 19.4 Å². The van der Waals surface area contributed by atoms with Crippen LogP contribution in [-0.4, -0.2) is 47.1 Å². The molecule has 0 aromatic heterocycles. The van der Waals surface area contributed by atoms with Gasteiger partial charge in [-0.15, -0.1) is 0 Å². The summed E-state index contributed by atoms with van der Waals surface area (Å²) in [4.78, 5) is 45.1. The molecule has 0 amide bonds. The second-order valence-electron chi connectivity index (χ2n) is 4.90. The topological polar surface area (TPSA) is 139 Å². The molecule has 0 N–H and O–H groups in total. The molecule has 10 heteroatoms. The van der Waals surface area contributed by atoms with Crippen molar-refractivity contribution >= 4 is 11.9 Å². The summed E-state index contributed by atoms with van der Waals surface area (Å²) in [6, 6.07) is 3.08. The minimum Gasteiger partial charge on any atom is -0.461 e. The normalized spacial score (nSPS) is 14.0. The molecular formula is C15H18N2O8. The SMILES string of the molecule is CCOC(=O)C(C(c1ccccc1)C(C(=O)OCC)[N+](=O)[O-])[N+](=O)[O-]. The highest BCUT2D eigenvalue weighted by Crippen LogP contribution is 2.29. The van der Waals surface area contributed by atoms with Gasteiger partial charge in [0.1, 0.15) is 5.92 Å². The maximum absolute atomic E-state index is 12.1. The van der Waals surface area contributed by atoms with E-state index >= 15 is 0 Å². The van der Waals surface area contributed by atoms with Gasteiger partial charge >= 0.3 is 24.0 Å². The monoisotopic (exact) mass is 354 g/mol. The van der Waals surface area contributed by atoms with Crippen LogP contribution in [-0.2, 0) is 19.1 Å². The van der Waals surface area contributed by atoms with Gasteiger partial charge in [0.05, 0.1) is 13.2 Å². The smallest absolute Gasteiger partial charge is 0.382 e. The Morgan fingerprint density at radius 3 is 1.64 bits per heavy atom. The van der Waals surface area contributed by atoms with Crippen molar-refractivity contribution in [3.8, 4) is 0 Å². The molecule has 0 aliphatic heterocycles. The van der Waals surface area contributed by atoms with E-state index in [1.54, 1.807) is 6.07 Å². The second-order valence-corrected chi connectivity index (χ2v) is 4.90. The lowest BCUT2D eigenvalue weighted by molar-refractivity contribution is -0.551. The Hall–Kier alpha value is -3.04. The molecule has 10 nitrogen and oxygen atoms in total. The van der Waals surface area contributed by atoms with E-state index in [2.05, 4.69) is 9.47 Å². The molecule has 25 heavy (non-hydrogen) atoms. The van der Waals surface area contributed by atoms with E-state index in [1.807, 2.05) is 0 Å². The first-order valence-corrected chi connectivity index (χ1v) is 7.50. The van der Waals surface area contributed by atoms with Gasteiger partial charge in [-0.3, -0.25) is 20.2 Å². The van der Waals surface area contributed by atoms with Crippen molar-refractivity contribution < 1.29 is 28.9 Å². The number of rotatable bonds is 9. The molecular weight excluding hydrogens is 336 g/mol. The maximum Gasteiger partial charge on any atom is 0.382 e. The van der Waals surface area contributed by atoms with E-state index in [1.165, 1.54) is 38.1 Å². The number of nitro groups is 2. The molecule has 1 rings (SSSR count). The highest BCUT2D eigenvalue weighted by atomic mass is 16.6. The molecule has 136 valence electrons. The van der Waals surface area contributed by atoms with Gasteiger partial charge in [0.15, 0.2) is 0 Å². The predicted octanol–water partition coefficient (Wildman–Crippen LogP) is 1.19. The molecule has 0 aliphatic rings. The van der Waals surface area contributed by atoms with Crippen LogP contribution in [0, 0.1) is 20.2 Å². The molecule has 0 aliphatic carbocycles. The Morgan fingerprint density at radius 1 is 0.920 bits per heavy atom. The van der Waals surface area contributed by atoms with E-state index in [9.17, 15) is 29.8 Å². The molecule has 2 atom stereocenters. The first-order valence-electron chi connectivity index (χ1n) is 7.50. The van der Waals surface area contributed by atoms with E-state index < -0.39 is 39.8 Å². The molecule has 0 saturated heterocycles. The number of carbonyl (C=O) groups is 2. The van der Waals surface area contributed by atoms with Crippen LogP contribution in [0.25, 0.3) is 0 Å². The molecule has 1 aromatic carbocycles. The summed E-state index contributed by atoms with van der Waals surface area (Å²) in [5.74, 6) is -4.18. The highest BCUT2D eigenvalue weighted by Gasteiger charge is 2.54. The predicted molar refractivity (Wildman–Crippen MR) is 84.0 cm³/mol. The Labute approximate surface area is 143 Å². The minimum atomic E-state index is -2.12. The summed E-state index contributed by atoms with van der Waals surface area (Å²) >= 11 is 0. The molecule has 0 heterocycles. The van der Waals surface area contributed by atoms with Crippen LogP contribution < -0.4 is 0 Å². The van der Waals surface area contributed by atoms with Crippen molar-refractivity contribution in [1.29, 1.82) is 0 Å². The molecule has 0 spiro atoms. The van der Waals surface area contributed by atoms with Crippen LogP contribution in [0.5, 0.6) is 0 Å². The molecule has 0 saturated carbocycles. The van der Waals surface area contributed by atoms with Crippen molar-refractivity contribution in [2.45, 2.75) is 31.8 Å². The van der Waals surface area contributed by atoms with Crippen molar-refractivity contribution in [3.63, 3.8) is 0 Å². The van der Waals surface area contributed by atoms with Crippen molar-refractivity contribution in [2.24, 2.45) is 0 Å². The van der Waals surface area contributed by atoms with Crippen LogP contribution in [0.1, 0.15) is 25.3 Å². The summed E-state index contributed by atoms with van der Waals surface area (Å²) in [6.07, 6.45) is 0. The number of ether oxygens (including phenoxy) is 2. The van der Waals surface area contributed by atoms with Gasteiger partial charge < -0.3 is 9.47 Å². The van der Waals surface area contributed by atoms with Crippen LogP contribution in [0.3, 0.4) is 0 Å². The number of carbonyl (C=O) groups excluding carboxylic acids is 2. The van der Waals surface area contributed by atoms with Crippen molar-refractivity contribution in [2.75, 3.05) is 13.2 Å². The van der Waals surface area contributed by atoms with Crippen molar-refractivity contribution in [1.82, 2.24) is 0 Å². The Bertz CT molecular complexity index is 598. The third-order valence-electron chi connectivity index (χ3n) is 3.38. The van der Waals surface area contributed by atoms with Gasteiger partial charge in [0.2, 0.25) is 0 Å². The number of hydrogen-bond donors (Lipinski definition) is 0. The summed E-state index contributed by atoms with van der Waals surface area (Å²) in [6.45, 7) is 2.60. The number of benzene rings is 1. The standard InChI is InChI=1S/C15H18N2O8/c1-3-24-14(18)12(16(20)21)11(10-8-6-5-7-9-10)13(17(22)23)15(19)25-4-2/h5-9,11-13H,3-4H2,1-2H3. The van der Waals surface area contributed by atoms with E-state index in [-0.39, 0.29) is 18.8 Å². The van der Waals surface area contributed by atoms with E-state index in [4.69, 9.17) is 0 Å². The first-order chi connectivity index (χ1) is 11.8. The first kappa shape index (κ1) is 20.0. The van der Waals surface area contributed by atoms with Gasteiger partial charge in [0, 0.05) is 9.85 Å². The average molecular weight is 354 g/mol. The fraction of sp³-hybridized carbons (Fsp3) is 0.467. The third kappa shape index (κ3) is 4.96. The van der Waals surface area contributed by atoms with Crippen LogP contribution in [0.2, 0.25) is 0 Å². The van der Waals surface area contributed by atoms with Crippen LogP contribution in [0.4, 0.5) is 0 Å².